The van der Waals surface area contributed by atoms with Crippen LogP contribution >= 0.6 is 0 Å². The molecular formula is C19H13N5O5. The number of aromatic amines is 1. The summed E-state index contributed by atoms with van der Waals surface area (Å²) in [6.07, 6.45) is 2.85. The predicted molar refractivity (Wildman–Crippen MR) is 102 cm³/mol. The van der Waals surface area contributed by atoms with Crippen molar-refractivity contribution in [3.63, 3.8) is 0 Å². The predicted octanol–water partition coefficient (Wildman–Crippen LogP) is 0.348. The number of hydrogen-bond donors (Lipinski definition) is 1. The average Bonchev–Trinajstić information content (AvgIpc) is 2.71. The molecule has 0 bridgehead atoms. The maximum atomic E-state index is 12.9. The van der Waals surface area contributed by atoms with Crippen molar-refractivity contribution in [1.29, 1.82) is 0 Å². The molecule has 0 saturated carbocycles. The number of isocyanates is 2. The van der Waals surface area contributed by atoms with E-state index in [2.05, 4.69) is 15.0 Å². The van der Waals surface area contributed by atoms with Crippen LogP contribution in [0.25, 0.3) is 11.4 Å². The van der Waals surface area contributed by atoms with Crippen molar-refractivity contribution in [2.45, 2.75) is 13.1 Å². The lowest BCUT2D eigenvalue weighted by molar-refractivity contribution is 0.562. The van der Waals surface area contributed by atoms with Crippen LogP contribution in [0.5, 0.6) is 0 Å². The first-order chi connectivity index (χ1) is 14.0. The molecule has 0 amide bonds. The summed E-state index contributed by atoms with van der Waals surface area (Å²) < 4.78 is 1.62. The molecule has 10 nitrogen and oxygen atoms in total. The zero-order valence-electron chi connectivity index (χ0n) is 14.9. The first-order valence-electron chi connectivity index (χ1n) is 8.29. The molecule has 0 aliphatic rings. The Labute approximate surface area is 162 Å². The number of aliphatic imine (C=N–C) groups is 2. The second-order valence-corrected chi connectivity index (χ2v) is 5.84. The van der Waals surface area contributed by atoms with E-state index in [0.29, 0.717) is 11.1 Å². The maximum absolute atomic E-state index is 12.9. The molecule has 2 aromatic carbocycles. The molecule has 1 aromatic heterocycles. The molecule has 3 rings (SSSR count). The molecule has 0 aliphatic heterocycles. The monoisotopic (exact) mass is 391 g/mol. The Morgan fingerprint density at radius 3 is 1.97 bits per heavy atom. The number of H-pyrrole nitrogens is 1. The summed E-state index contributed by atoms with van der Waals surface area (Å²) in [7, 11) is 0. The van der Waals surface area contributed by atoms with Crippen molar-refractivity contribution >= 4 is 12.2 Å². The third-order valence-electron chi connectivity index (χ3n) is 4.02. The van der Waals surface area contributed by atoms with Gasteiger partial charge in [-0.3, -0.25) is 4.98 Å². The number of nitrogens with zero attached hydrogens (tertiary/aromatic N) is 4. The number of hydrogen-bond acceptors (Lipinski definition) is 7. The summed E-state index contributed by atoms with van der Waals surface area (Å²) >= 11 is 0. The Hall–Kier alpha value is -4.39. The fourth-order valence-electron chi connectivity index (χ4n) is 2.72. The minimum Gasteiger partial charge on any atom is -0.258 e. The number of rotatable bonds is 6. The van der Waals surface area contributed by atoms with E-state index < -0.39 is 17.1 Å². The second-order valence-electron chi connectivity index (χ2n) is 5.84. The molecule has 0 fully saturated rings. The summed E-state index contributed by atoms with van der Waals surface area (Å²) in [5.41, 5.74) is -0.964. The molecule has 0 spiro atoms. The number of nitrogens with one attached hydrogen (secondary N) is 1. The van der Waals surface area contributed by atoms with Crippen LogP contribution in [0.15, 0.2) is 72.9 Å². The third kappa shape index (κ3) is 4.14. The second kappa shape index (κ2) is 8.53. The highest BCUT2D eigenvalue weighted by Crippen LogP contribution is 2.10. The Kier molecular flexibility index (Phi) is 5.70. The van der Waals surface area contributed by atoms with Crippen LogP contribution in [0.1, 0.15) is 11.1 Å². The van der Waals surface area contributed by atoms with E-state index in [4.69, 9.17) is 0 Å². The van der Waals surface area contributed by atoms with Crippen molar-refractivity contribution in [1.82, 2.24) is 14.1 Å². The van der Waals surface area contributed by atoms with Crippen molar-refractivity contribution in [3.05, 3.63) is 91.1 Å². The van der Waals surface area contributed by atoms with Crippen LogP contribution in [0, 0.1) is 0 Å². The molecule has 0 aliphatic carbocycles. The number of benzene rings is 2. The summed E-state index contributed by atoms with van der Waals surface area (Å²) in [4.78, 5) is 67.1. The van der Waals surface area contributed by atoms with E-state index in [1.807, 2.05) is 0 Å². The van der Waals surface area contributed by atoms with E-state index in [1.165, 1.54) is 36.4 Å². The number of carbonyl (C=O) groups excluding carboxylic acids is 2. The molecule has 29 heavy (non-hydrogen) atoms. The van der Waals surface area contributed by atoms with Gasteiger partial charge >= 0.3 is 17.1 Å². The van der Waals surface area contributed by atoms with Gasteiger partial charge in [0.05, 0.1) is 24.5 Å². The van der Waals surface area contributed by atoms with Crippen LogP contribution < -0.4 is 17.1 Å². The van der Waals surface area contributed by atoms with Gasteiger partial charge in [0, 0.05) is 0 Å². The molecule has 0 saturated heterocycles. The fourth-order valence-corrected chi connectivity index (χ4v) is 2.72. The minimum atomic E-state index is -0.899. The van der Waals surface area contributed by atoms with Crippen LogP contribution in [0.4, 0.5) is 0 Å². The van der Waals surface area contributed by atoms with Gasteiger partial charge in [-0.2, -0.15) is 0 Å². The highest BCUT2D eigenvalue weighted by molar-refractivity contribution is 5.39. The van der Waals surface area contributed by atoms with Crippen LogP contribution in [0.2, 0.25) is 0 Å². The minimum absolute atomic E-state index is 0.0361. The van der Waals surface area contributed by atoms with E-state index >= 15 is 0 Å². The Balaban J connectivity index is 2.14. The number of aromatic nitrogens is 3. The van der Waals surface area contributed by atoms with Gasteiger partial charge in [0.2, 0.25) is 12.2 Å². The zero-order chi connectivity index (χ0) is 20.8. The lowest BCUT2D eigenvalue weighted by Crippen LogP contribution is -2.48. The standard InChI is InChI=1S/C19H13N5O5/c25-11-20-9-13-4-6-15(7-5-13)23-17(27)22-18(28)24(19(23)29)16-3-1-2-14(8-16)10-21-12-26/h1-8H,9-10H2,(H,22,27,28). The zero-order valence-corrected chi connectivity index (χ0v) is 14.9. The van der Waals surface area contributed by atoms with Gasteiger partial charge in [0.15, 0.2) is 0 Å². The highest BCUT2D eigenvalue weighted by atomic mass is 16.2. The van der Waals surface area contributed by atoms with Gasteiger partial charge in [-0.1, -0.05) is 24.3 Å². The van der Waals surface area contributed by atoms with E-state index in [1.54, 1.807) is 24.3 Å². The van der Waals surface area contributed by atoms with Gasteiger partial charge in [-0.05, 0) is 35.4 Å². The smallest absolute Gasteiger partial charge is 0.258 e. The third-order valence-corrected chi connectivity index (χ3v) is 4.02. The highest BCUT2D eigenvalue weighted by Gasteiger charge is 2.13. The Morgan fingerprint density at radius 1 is 0.759 bits per heavy atom. The van der Waals surface area contributed by atoms with Crippen LogP contribution in [-0.4, -0.2) is 26.3 Å². The quantitative estimate of drug-likeness (QED) is 0.478. The Morgan fingerprint density at radius 2 is 1.34 bits per heavy atom. The molecule has 0 radical (unpaired) electrons. The van der Waals surface area contributed by atoms with Crippen molar-refractivity contribution in [2.24, 2.45) is 9.98 Å². The van der Waals surface area contributed by atoms with Gasteiger partial charge in [-0.25, -0.2) is 43.1 Å². The molecule has 10 heteroatoms. The molecule has 1 N–H and O–H groups in total. The van der Waals surface area contributed by atoms with E-state index in [9.17, 15) is 24.0 Å². The summed E-state index contributed by atoms with van der Waals surface area (Å²) in [5.74, 6) is 0. The SMILES string of the molecule is O=C=NCc1ccc(-n2c(=O)[nH]c(=O)n(-c3cccc(CN=C=O)c3)c2=O)cc1. The van der Waals surface area contributed by atoms with Crippen molar-refractivity contribution in [2.75, 3.05) is 0 Å². The van der Waals surface area contributed by atoms with Gasteiger partial charge in [0.25, 0.3) is 0 Å². The largest absolute Gasteiger partial charge is 0.345 e. The molecular weight excluding hydrogens is 378 g/mol. The average molecular weight is 391 g/mol. The first-order valence-corrected chi connectivity index (χ1v) is 8.29. The van der Waals surface area contributed by atoms with Crippen molar-refractivity contribution < 1.29 is 9.59 Å². The fraction of sp³-hybridized carbons (Fsp3) is 0.105. The van der Waals surface area contributed by atoms with Gasteiger partial charge in [0.1, 0.15) is 0 Å². The van der Waals surface area contributed by atoms with Gasteiger partial charge < -0.3 is 0 Å². The first kappa shape index (κ1) is 19.4. The summed E-state index contributed by atoms with van der Waals surface area (Å²) in [5, 5.41) is 0. The normalized spacial score (nSPS) is 10.1. The Bertz CT molecular complexity index is 1320. The molecule has 3 aromatic rings. The summed E-state index contributed by atoms with van der Waals surface area (Å²) in [6, 6.07) is 12.5. The van der Waals surface area contributed by atoms with Crippen LogP contribution in [0.3, 0.4) is 0 Å². The topological polar surface area (TPSA) is 136 Å². The van der Waals surface area contributed by atoms with E-state index in [0.717, 1.165) is 9.13 Å². The van der Waals surface area contributed by atoms with E-state index in [-0.39, 0.29) is 24.5 Å². The maximum Gasteiger partial charge on any atom is 0.345 e. The van der Waals surface area contributed by atoms with Gasteiger partial charge in [-0.15, -0.1) is 0 Å². The molecule has 144 valence electrons. The lowest BCUT2D eigenvalue weighted by atomic mass is 10.2. The van der Waals surface area contributed by atoms with Crippen LogP contribution in [-0.2, 0) is 22.7 Å². The molecule has 0 unspecified atom stereocenters. The summed E-state index contributed by atoms with van der Waals surface area (Å²) in [6.45, 7) is 0.152. The lowest BCUT2D eigenvalue weighted by Gasteiger charge is -2.10. The molecule has 0 atom stereocenters. The molecule has 1 heterocycles. The van der Waals surface area contributed by atoms with Crippen molar-refractivity contribution in [3.8, 4) is 11.4 Å².